The summed E-state index contributed by atoms with van der Waals surface area (Å²) in [6, 6.07) is 0.444. The molecule has 0 aliphatic carbocycles. The molecule has 0 bridgehead atoms. The van der Waals surface area contributed by atoms with Crippen LogP contribution < -0.4 is 5.32 Å². The highest BCUT2D eigenvalue weighted by molar-refractivity contribution is 6.28. The van der Waals surface area contributed by atoms with Gasteiger partial charge in [0.25, 0.3) is 0 Å². The van der Waals surface area contributed by atoms with Gasteiger partial charge in [0.2, 0.25) is 17.2 Å². The van der Waals surface area contributed by atoms with E-state index < -0.39 is 0 Å². The first-order valence-electron chi connectivity index (χ1n) is 7.10. The lowest BCUT2D eigenvalue weighted by atomic mass is 10.3. The number of nitrogens with zero attached hydrogens (tertiary/aromatic N) is 6. The predicted molar refractivity (Wildman–Crippen MR) is 80.7 cm³/mol. The fourth-order valence-corrected chi connectivity index (χ4v) is 2.62. The van der Waals surface area contributed by atoms with Crippen molar-refractivity contribution in [2.45, 2.75) is 25.8 Å². The maximum atomic E-state index is 5.96. The van der Waals surface area contributed by atoms with Crippen LogP contribution in [0.5, 0.6) is 0 Å². The molecule has 112 valence electrons. The number of imidazole rings is 1. The second-order valence-electron chi connectivity index (χ2n) is 5.17. The van der Waals surface area contributed by atoms with E-state index in [0.717, 1.165) is 6.54 Å². The molecular weight excluding hydrogens is 290 g/mol. The van der Waals surface area contributed by atoms with Crippen molar-refractivity contribution in [1.82, 2.24) is 29.4 Å². The number of aromatic nitrogens is 5. The van der Waals surface area contributed by atoms with Crippen molar-refractivity contribution in [3.8, 4) is 5.95 Å². The molecule has 0 spiro atoms. The summed E-state index contributed by atoms with van der Waals surface area (Å²) in [6.07, 6.45) is 7.63. The Morgan fingerprint density at radius 1 is 1.29 bits per heavy atom. The third kappa shape index (κ3) is 3.48. The Balaban J connectivity index is 1.67. The van der Waals surface area contributed by atoms with Crippen LogP contribution in [0.1, 0.15) is 19.8 Å². The average Bonchev–Trinajstić information content (AvgIpc) is 3.16. The summed E-state index contributed by atoms with van der Waals surface area (Å²) in [4.78, 5) is 19.0. The van der Waals surface area contributed by atoms with Crippen LogP contribution in [-0.2, 0) is 0 Å². The molecule has 0 aromatic carbocycles. The Hall–Kier alpha value is -1.73. The van der Waals surface area contributed by atoms with Crippen LogP contribution in [0.3, 0.4) is 0 Å². The maximum Gasteiger partial charge on any atom is 0.241 e. The van der Waals surface area contributed by atoms with Crippen LogP contribution in [0.4, 0.5) is 5.95 Å². The van der Waals surface area contributed by atoms with Gasteiger partial charge < -0.3 is 5.32 Å². The van der Waals surface area contributed by atoms with Crippen LogP contribution >= 0.6 is 11.6 Å². The zero-order chi connectivity index (χ0) is 14.7. The Morgan fingerprint density at radius 3 is 2.81 bits per heavy atom. The number of hydrogen-bond acceptors (Lipinski definition) is 6. The summed E-state index contributed by atoms with van der Waals surface area (Å²) >= 11 is 5.96. The first-order valence-corrected chi connectivity index (χ1v) is 7.48. The highest BCUT2D eigenvalue weighted by atomic mass is 35.5. The van der Waals surface area contributed by atoms with Crippen LogP contribution in [0.15, 0.2) is 18.7 Å². The number of anilines is 1. The topological polar surface area (TPSA) is 71.8 Å². The molecule has 1 fully saturated rings. The second-order valence-corrected chi connectivity index (χ2v) is 5.51. The second kappa shape index (κ2) is 6.36. The quantitative estimate of drug-likeness (QED) is 0.905. The Bertz CT molecular complexity index is 580. The molecule has 1 saturated heterocycles. The van der Waals surface area contributed by atoms with Crippen LogP contribution in [0, 0.1) is 0 Å². The predicted octanol–water partition coefficient (Wildman–Crippen LogP) is 1.61. The number of halogens is 1. The van der Waals surface area contributed by atoms with Gasteiger partial charge in [0, 0.05) is 25.0 Å². The maximum absolute atomic E-state index is 5.96. The standard InChI is InChI=1S/C13H18ClN7/c1-10(20-5-2-3-6-20)8-16-12-17-11(14)18-13(19-12)21-7-4-15-9-21/h4,7,9-10H,2-3,5-6,8H2,1H3,(H,16,17,18,19). The molecule has 8 heteroatoms. The Morgan fingerprint density at radius 2 is 2.10 bits per heavy atom. The van der Waals surface area contributed by atoms with Crippen molar-refractivity contribution in [2.24, 2.45) is 0 Å². The van der Waals surface area contributed by atoms with Crippen LogP contribution in [0.25, 0.3) is 5.95 Å². The van der Waals surface area contributed by atoms with Crippen LogP contribution in [-0.4, -0.2) is 55.1 Å². The molecule has 0 radical (unpaired) electrons. The van der Waals surface area contributed by atoms with E-state index in [0.29, 0.717) is 17.9 Å². The largest absolute Gasteiger partial charge is 0.352 e. The van der Waals surface area contributed by atoms with E-state index in [9.17, 15) is 0 Å². The molecule has 1 N–H and O–H groups in total. The third-order valence-electron chi connectivity index (χ3n) is 3.65. The van der Waals surface area contributed by atoms with E-state index in [4.69, 9.17) is 11.6 Å². The molecule has 0 saturated carbocycles. The van der Waals surface area contributed by atoms with Gasteiger partial charge in [0.15, 0.2) is 0 Å². The van der Waals surface area contributed by atoms with Crippen molar-refractivity contribution in [2.75, 3.05) is 25.0 Å². The normalized spacial score (nSPS) is 17.0. The van der Waals surface area contributed by atoms with Crippen molar-refractivity contribution < 1.29 is 0 Å². The summed E-state index contributed by atoms with van der Waals surface area (Å²) in [6.45, 7) is 5.32. The van der Waals surface area contributed by atoms with E-state index in [1.54, 1.807) is 23.3 Å². The van der Waals surface area contributed by atoms with Gasteiger partial charge >= 0.3 is 0 Å². The van der Waals surface area contributed by atoms with E-state index >= 15 is 0 Å². The lowest BCUT2D eigenvalue weighted by molar-refractivity contribution is 0.269. The zero-order valence-electron chi connectivity index (χ0n) is 11.9. The van der Waals surface area contributed by atoms with Gasteiger partial charge in [-0.25, -0.2) is 4.98 Å². The molecule has 2 aromatic rings. The van der Waals surface area contributed by atoms with E-state index in [2.05, 4.69) is 37.1 Å². The van der Waals surface area contributed by atoms with E-state index in [-0.39, 0.29) is 5.28 Å². The molecule has 21 heavy (non-hydrogen) atoms. The monoisotopic (exact) mass is 307 g/mol. The van der Waals surface area contributed by atoms with Gasteiger partial charge in [0.1, 0.15) is 6.33 Å². The highest BCUT2D eigenvalue weighted by Crippen LogP contribution is 2.13. The fourth-order valence-electron chi connectivity index (χ4n) is 2.46. The number of hydrogen-bond donors (Lipinski definition) is 1. The minimum absolute atomic E-state index is 0.171. The van der Waals surface area contributed by atoms with E-state index in [1.165, 1.54) is 25.9 Å². The van der Waals surface area contributed by atoms with Gasteiger partial charge in [-0.05, 0) is 44.5 Å². The molecule has 3 rings (SSSR count). The zero-order valence-corrected chi connectivity index (χ0v) is 12.7. The lowest BCUT2D eigenvalue weighted by Gasteiger charge is -2.23. The Kier molecular flexibility index (Phi) is 4.31. The summed E-state index contributed by atoms with van der Waals surface area (Å²) in [5.74, 6) is 0.952. The summed E-state index contributed by atoms with van der Waals surface area (Å²) < 4.78 is 1.70. The molecule has 2 aromatic heterocycles. The van der Waals surface area contributed by atoms with Crippen molar-refractivity contribution in [3.05, 3.63) is 24.0 Å². The molecule has 7 nitrogen and oxygen atoms in total. The Labute approximate surface area is 128 Å². The third-order valence-corrected chi connectivity index (χ3v) is 3.82. The SMILES string of the molecule is CC(CNc1nc(Cl)nc(-n2ccnc2)n1)N1CCCC1. The molecular formula is C13H18ClN7. The molecule has 1 aliphatic heterocycles. The average molecular weight is 308 g/mol. The lowest BCUT2D eigenvalue weighted by Crippen LogP contribution is -2.35. The summed E-state index contributed by atoms with van der Waals surface area (Å²) in [7, 11) is 0. The van der Waals surface area contributed by atoms with Gasteiger partial charge in [-0.1, -0.05) is 0 Å². The molecule has 1 atom stereocenters. The molecule has 1 unspecified atom stereocenters. The summed E-state index contributed by atoms with van der Waals surface area (Å²) in [5.41, 5.74) is 0. The van der Waals surface area contributed by atoms with Crippen molar-refractivity contribution in [1.29, 1.82) is 0 Å². The van der Waals surface area contributed by atoms with Gasteiger partial charge in [0.05, 0.1) is 0 Å². The number of likely N-dealkylation sites (tertiary alicyclic amines) is 1. The first kappa shape index (κ1) is 14.2. The van der Waals surface area contributed by atoms with Gasteiger partial charge in [-0.3, -0.25) is 9.47 Å². The molecule has 3 heterocycles. The summed E-state index contributed by atoms with van der Waals surface area (Å²) in [5, 5.41) is 3.41. The highest BCUT2D eigenvalue weighted by Gasteiger charge is 2.18. The van der Waals surface area contributed by atoms with Gasteiger partial charge in [-0.15, -0.1) is 0 Å². The molecule has 0 amide bonds. The minimum Gasteiger partial charge on any atom is -0.352 e. The van der Waals surface area contributed by atoms with E-state index in [1.807, 2.05) is 0 Å². The number of nitrogens with one attached hydrogen (secondary N) is 1. The first-order chi connectivity index (χ1) is 10.2. The molecule has 1 aliphatic rings. The number of rotatable bonds is 5. The van der Waals surface area contributed by atoms with Crippen molar-refractivity contribution in [3.63, 3.8) is 0 Å². The van der Waals surface area contributed by atoms with Crippen LogP contribution in [0.2, 0.25) is 5.28 Å². The fraction of sp³-hybridized carbons (Fsp3) is 0.538. The van der Waals surface area contributed by atoms with Crippen molar-refractivity contribution >= 4 is 17.5 Å². The smallest absolute Gasteiger partial charge is 0.241 e. The minimum atomic E-state index is 0.171. The van der Waals surface area contributed by atoms with Gasteiger partial charge in [-0.2, -0.15) is 15.0 Å².